The fourth-order valence-electron chi connectivity index (χ4n) is 3.24. The Morgan fingerprint density at radius 2 is 1.77 bits per heavy atom. The lowest BCUT2D eigenvalue weighted by Gasteiger charge is -2.36. The van der Waals surface area contributed by atoms with Gasteiger partial charge in [-0.05, 0) is 45.4 Å². The molecule has 31 heavy (non-hydrogen) atoms. The number of esters is 1. The highest BCUT2D eigenvalue weighted by Crippen LogP contribution is 2.20. The number of amides is 2. The Morgan fingerprint density at radius 1 is 1.10 bits per heavy atom. The van der Waals surface area contributed by atoms with Crippen molar-refractivity contribution in [2.75, 3.05) is 32.8 Å². The summed E-state index contributed by atoms with van der Waals surface area (Å²) < 4.78 is 10.00. The van der Waals surface area contributed by atoms with E-state index in [1.54, 1.807) is 23.6 Å². The first-order valence-electron chi connectivity index (χ1n) is 11.7. The van der Waals surface area contributed by atoms with Crippen molar-refractivity contribution in [2.45, 2.75) is 92.2 Å². The summed E-state index contributed by atoms with van der Waals surface area (Å²) in [7, 11) is 0. The van der Waals surface area contributed by atoms with Crippen LogP contribution in [-0.4, -0.2) is 77.9 Å². The standard InChI is InChI=1S/C12H23NO3.C11H21NO3/c1-9(2)8-16-12(15)13-7-5-4-6-11(13)10(3)14;1-4-6-8-12(10(3)13)9-7-11(14)15-5-2/h9-11,14H,4-8H2,1-3H3;4-9H2,1-3H3. The molecular formula is C23H44N2O6. The number of aliphatic hydroxyl groups excluding tert-OH is 1. The van der Waals surface area contributed by atoms with Gasteiger partial charge < -0.3 is 24.4 Å². The molecule has 0 aromatic carbocycles. The largest absolute Gasteiger partial charge is 0.466 e. The number of piperidine rings is 1. The Kier molecular flexibility index (Phi) is 15.8. The summed E-state index contributed by atoms with van der Waals surface area (Å²) in [5.41, 5.74) is 0. The van der Waals surface area contributed by atoms with E-state index >= 15 is 0 Å². The molecule has 8 heteroatoms. The summed E-state index contributed by atoms with van der Waals surface area (Å²) in [4.78, 5) is 37.5. The van der Waals surface area contributed by atoms with Crippen molar-refractivity contribution in [1.29, 1.82) is 0 Å². The van der Waals surface area contributed by atoms with Crippen LogP contribution >= 0.6 is 0 Å². The minimum Gasteiger partial charge on any atom is -0.466 e. The maximum atomic E-state index is 11.8. The second kappa shape index (κ2) is 16.8. The van der Waals surface area contributed by atoms with Gasteiger partial charge in [0.25, 0.3) is 0 Å². The Labute approximate surface area is 188 Å². The quantitative estimate of drug-likeness (QED) is 0.517. The van der Waals surface area contributed by atoms with Gasteiger partial charge in [0.2, 0.25) is 5.91 Å². The Bertz CT molecular complexity index is 522. The third kappa shape index (κ3) is 13.2. The van der Waals surface area contributed by atoms with Crippen molar-refractivity contribution in [2.24, 2.45) is 5.92 Å². The van der Waals surface area contributed by atoms with E-state index in [0.717, 1.165) is 38.6 Å². The second-order valence-corrected chi connectivity index (χ2v) is 8.38. The first kappa shape index (κ1) is 29.2. The molecule has 0 saturated carbocycles. The van der Waals surface area contributed by atoms with Gasteiger partial charge >= 0.3 is 12.1 Å². The molecule has 1 rings (SSSR count). The lowest BCUT2D eigenvalue weighted by atomic mass is 9.99. The SMILES string of the molecule is CC(C)COC(=O)N1CCCCC1C(C)O.CCCCN(CCC(=O)OCC)C(C)=O. The van der Waals surface area contributed by atoms with Gasteiger partial charge in [0.05, 0.1) is 31.8 Å². The number of rotatable bonds is 10. The van der Waals surface area contributed by atoms with Crippen LogP contribution in [0, 0.1) is 5.92 Å². The monoisotopic (exact) mass is 444 g/mol. The Hall–Kier alpha value is -1.83. The molecule has 1 fully saturated rings. The molecule has 0 aromatic rings. The van der Waals surface area contributed by atoms with Crippen molar-refractivity contribution in [3.8, 4) is 0 Å². The van der Waals surface area contributed by atoms with Gasteiger partial charge in [-0.15, -0.1) is 0 Å². The van der Waals surface area contributed by atoms with Crippen molar-refractivity contribution in [3.63, 3.8) is 0 Å². The zero-order chi connectivity index (χ0) is 23.8. The molecule has 0 radical (unpaired) electrons. The molecular weight excluding hydrogens is 400 g/mol. The molecule has 1 heterocycles. The van der Waals surface area contributed by atoms with E-state index in [2.05, 4.69) is 6.92 Å². The first-order chi connectivity index (χ1) is 14.6. The molecule has 1 aliphatic heterocycles. The molecule has 2 unspecified atom stereocenters. The highest BCUT2D eigenvalue weighted by molar-refractivity contribution is 5.75. The molecule has 1 N–H and O–H groups in total. The van der Waals surface area contributed by atoms with Gasteiger partial charge in [-0.1, -0.05) is 27.2 Å². The van der Waals surface area contributed by atoms with Crippen molar-refractivity contribution in [1.82, 2.24) is 9.80 Å². The molecule has 0 bridgehead atoms. The van der Waals surface area contributed by atoms with E-state index in [0.29, 0.717) is 32.2 Å². The number of nitrogens with zero attached hydrogens (tertiary/aromatic N) is 2. The highest BCUT2D eigenvalue weighted by Gasteiger charge is 2.30. The maximum absolute atomic E-state index is 11.8. The molecule has 2 amide bonds. The molecule has 2 atom stereocenters. The minimum atomic E-state index is -0.480. The lowest BCUT2D eigenvalue weighted by molar-refractivity contribution is -0.144. The summed E-state index contributed by atoms with van der Waals surface area (Å²) in [6.07, 6.45) is 4.49. The maximum Gasteiger partial charge on any atom is 0.410 e. The van der Waals surface area contributed by atoms with Crippen LogP contribution in [0.25, 0.3) is 0 Å². The Balaban J connectivity index is 0.000000582. The third-order valence-corrected chi connectivity index (χ3v) is 5.00. The number of hydrogen-bond donors (Lipinski definition) is 1. The molecule has 0 aromatic heterocycles. The van der Waals surface area contributed by atoms with Crippen LogP contribution in [0.3, 0.4) is 0 Å². The van der Waals surface area contributed by atoms with E-state index in [4.69, 9.17) is 9.47 Å². The minimum absolute atomic E-state index is 0.0211. The lowest BCUT2D eigenvalue weighted by Crippen LogP contribution is -2.49. The Morgan fingerprint density at radius 3 is 2.29 bits per heavy atom. The normalized spacial score (nSPS) is 16.8. The van der Waals surface area contributed by atoms with Crippen LogP contribution in [0.2, 0.25) is 0 Å². The predicted molar refractivity (Wildman–Crippen MR) is 121 cm³/mol. The summed E-state index contributed by atoms with van der Waals surface area (Å²) in [6.45, 7) is 13.9. The summed E-state index contributed by atoms with van der Waals surface area (Å²) in [5.74, 6) is 0.131. The number of ether oxygens (including phenoxy) is 2. The smallest absolute Gasteiger partial charge is 0.410 e. The second-order valence-electron chi connectivity index (χ2n) is 8.38. The van der Waals surface area contributed by atoms with Crippen LogP contribution in [0.1, 0.15) is 80.1 Å². The van der Waals surface area contributed by atoms with Crippen LogP contribution in [-0.2, 0) is 19.1 Å². The van der Waals surface area contributed by atoms with Crippen LogP contribution in [0.15, 0.2) is 0 Å². The number of hydrogen-bond acceptors (Lipinski definition) is 6. The summed E-state index contributed by atoms with van der Waals surface area (Å²) in [6, 6.07) is -0.0755. The number of likely N-dealkylation sites (tertiary alicyclic amines) is 1. The summed E-state index contributed by atoms with van der Waals surface area (Å²) in [5, 5.41) is 9.62. The number of carbonyl (C=O) groups is 3. The average Bonchev–Trinajstić information content (AvgIpc) is 2.72. The molecule has 1 saturated heterocycles. The third-order valence-electron chi connectivity index (χ3n) is 5.00. The van der Waals surface area contributed by atoms with Crippen molar-refractivity contribution >= 4 is 18.0 Å². The molecule has 8 nitrogen and oxygen atoms in total. The zero-order valence-corrected chi connectivity index (χ0v) is 20.4. The van der Waals surface area contributed by atoms with Gasteiger partial charge in [-0.3, -0.25) is 9.59 Å². The average molecular weight is 445 g/mol. The van der Waals surface area contributed by atoms with Crippen molar-refractivity contribution in [3.05, 3.63) is 0 Å². The van der Waals surface area contributed by atoms with Gasteiger partial charge in [-0.25, -0.2) is 4.79 Å². The molecule has 0 spiro atoms. The van der Waals surface area contributed by atoms with Crippen molar-refractivity contribution < 1.29 is 29.0 Å². The van der Waals surface area contributed by atoms with E-state index in [9.17, 15) is 19.5 Å². The fourth-order valence-corrected chi connectivity index (χ4v) is 3.24. The van der Waals surface area contributed by atoms with Gasteiger partial charge in [0.15, 0.2) is 0 Å². The van der Waals surface area contributed by atoms with Gasteiger partial charge in [0.1, 0.15) is 0 Å². The van der Waals surface area contributed by atoms with E-state index < -0.39 is 6.10 Å². The molecule has 0 aliphatic carbocycles. The van der Waals surface area contributed by atoms with E-state index in [1.807, 2.05) is 13.8 Å². The van der Waals surface area contributed by atoms with Crippen LogP contribution < -0.4 is 0 Å². The van der Waals surface area contributed by atoms with Crippen LogP contribution in [0.4, 0.5) is 4.79 Å². The summed E-state index contributed by atoms with van der Waals surface area (Å²) >= 11 is 0. The number of unbranched alkanes of at least 4 members (excludes halogenated alkanes) is 1. The van der Waals surface area contributed by atoms with E-state index in [-0.39, 0.29) is 30.4 Å². The highest BCUT2D eigenvalue weighted by atomic mass is 16.6. The fraction of sp³-hybridized carbons (Fsp3) is 0.870. The number of carbonyl (C=O) groups excluding carboxylic acids is 3. The van der Waals surface area contributed by atoms with Gasteiger partial charge in [0, 0.05) is 26.6 Å². The first-order valence-corrected chi connectivity index (χ1v) is 11.7. The van der Waals surface area contributed by atoms with Gasteiger partial charge in [-0.2, -0.15) is 0 Å². The molecule has 182 valence electrons. The zero-order valence-electron chi connectivity index (χ0n) is 20.4. The number of aliphatic hydroxyl groups is 1. The molecule has 1 aliphatic rings. The predicted octanol–water partition coefficient (Wildman–Crippen LogP) is 3.60. The van der Waals surface area contributed by atoms with Crippen LogP contribution in [0.5, 0.6) is 0 Å². The topological polar surface area (TPSA) is 96.4 Å². The van der Waals surface area contributed by atoms with E-state index in [1.165, 1.54) is 6.92 Å².